The predicted molar refractivity (Wildman–Crippen MR) is 128 cm³/mol. The van der Waals surface area contributed by atoms with Crippen molar-refractivity contribution in [3.8, 4) is 11.5 Å². The van der Waals surface area contributed by atoms with Crippen molar-refractivity contribution in [2.45, 2.75) is 38.0 Å². The summed E-state index contributed by atoms with van der Waals surface area (Å²) in [7, 11) is 0. The molecule has 0 aliphatic carbocycles. The lowest BCUT2D eigenvalue weighted by atomic mass is 10.0. The molecular weight excluding hydrogens is 470 g/mol. The Labute approximate surface area is 204 Å². The van der Waals surface area contributed by atoms with Gasteiger partial charge in [0.05, 0.1) is 10.0 Å². The quantitative estimate of drug-likeness (QED) is 0.437. The van der Waals surface area contributed by atoms with Crippen molar-refractivity contribution >= 4 is 23.2 Å². The van der Waals surface area contributed by atoms with E-state index in [0.717, 1.165) is 25.9 Å². The first kappa shape index (κ1) is 26.0. The fraction of sp³-hybridized carbons (Fsp3) is 0.500. The maximum Gasteiger partial charge on any atom is 0.129 e. The second kappa shape index (κ2) is 12.7. The molecule has 0 spiro atoms. The number of rotatable bonds is 11. The van der Waals surface area contributed by atoms with Crippen molar-refractivity contribution in [1.29, 1.82) is 0 Å². The molecule has 2 aromatic carbocycles. The fourth-order valence-corrected chi connectivity index (χ4v) is 3.93. The van der Waals surface area contributed by atoms with E-state index in [-0.39, 0.29) is 25.1 Å². The average molecular weight is 501 g/mol. The maximum absolute atomic E-state index is 13.6. The zero-order valence-corrected chi connectivity index (χ0v) is 20.2. The number of hydrogen-bond acceptors (Lipinski definition) is 6. The van der Waals surface area contributed by atoms with Gasteiger partial charge in [0.25, 0.3) is 0 Å². The summed E-state index contributed by atoms with van der Waals surface area (Å²) in [5.74, 6) is 0.659. The van der Waals surface area contributed by atoms with Gasteiger partial charge in [-0.15, -0.1) is 0 Å². The van der Waals surface area contributed by atoms with Crippen LogP contribution in [0.25, 0.3) is 0 Å². The van der Waals surface area contributed by atoms with Crippen molar-refractivity contribution in [3.63, 3.8) is 0 Å². The molecular formula is C24H31Cl2FN2O4. The highest BCUT2D eigenvalue weighted by Gasteiger charge is 2.22. The molecule has 0 unspecified atom stereocenters. The normalized spacial score (nSPS) is 17.0. The van der Waals surface area contributed by atoms with Gasteiger partial charge in [-0.05, 0) is 56.6 Å². The standard InChI is InChI=1S/C24H31Cl2FN2O4/c1-16-2-3-21(11-24(16)27)32-14-18(30)12-28-17-6-8-29(9-7-17)13-19(31)15-33-20-4-5-22(25)23(26)10-20/h2-5,10-11,17-19,28,30-31H,6-9,12-15H2,1H3/t18-,19-/m1/s1. The van der Waals surface area contributed by atoms with Gasteiger partial charge < -0.3 is 29.9 Å². The number of β-amino-alcohol motifs (C(OH)–C–C–N with tert-alkyl or cyclic N) is 1. The van der Waals surface area contributed by atoms with Crippen LogP contribution in [0.3, 0.4) is 0 Å². The minimum Gasteiger partial charge on any atom is -0.491 e. The number of halogens is 3. The second-order valence-corrected chi connectivity index (χ2v) is 9.21. The van der Waals surface area contributed by atoms with Gasteiger partial charge in [0, 0.05) is 31.3 Å². The molecule has 2 aromatic rings. The molecule has 9 heteroatoms. The molecule has 182 valence electrons. The number of hydrogen-bond donors (Lipinski definition) is 3. The molecule has 1 aliphatic rings. The smallest absolute Gasteiger partial charge is 0.129 e. The number of likely N-dealkylation sites (tertiary alicyclic amines) is 1. The zero-order valence-electron chi connectivity index (χ0n) is 18.6. The van der Waals surface area contributed by atoms with Gasteiger partial charge >= 0.3 is 0 Å². The summed E-state index contributed by atoms with van der Waals surface area (Å²) in [6.07, 6.45) is 0.524. The van der Waals surface area contributed by atoms with Crippen LogP contribution in [0.5, 0.6) is 11.5 Å². The summed E-state index contributed by atoms with van der Waals surface area (Å²) in [5.41, 5.74) is 0.558. The Kier molecular flexibility index (Phi) is 10.0. The van der Waals surface area contributed by atoms with E-state index >= 15 is 0 Å². The van der Waals surface area contributed by atoms with Crippen molar-refractivity contribution in [2.24, 2.45) is 0 Å². The van der Waals surface area contributed by atoms with Gasteiger partial charge in [-0.1, -0.05) is 29.3 Å². The molecule has 0 aromatic heterocycles. The Morgan fingerprint density at radius 3 is 2.30 bits per heavy atom. The number of aryl methyl sites for hydroxylation is 1. The van der Waals surface area contributed by atoms with E-state index < -0.39 is 12.2 Å². The summed E-state index contributed by atoms with van der Waals surface area (Å²) >= 11 is 11.9. The van der Waals surface area contributed by atoms with Gasteiger partial charge in [0.15, 0.2) is 0 Å². The van der Waals surface area contributed by atoms with Crippen molar-refractivity contribution in [2.75, 3.05) is 39.4 Å². The lowest BCUT2D eigenvalue weighted by molar-refractivity contribution is 0.0556. The SMILES string of the molecule is Cc1ccc(OC[C@H](O)CNC2CCN(C[C@@H](O)COc3ccc(Cl)c(Cl)c3)CC2)cc1F. The van der Waals surface area contributed by atoms with E-state index in [1.165, 1.54) is 6.07 Å². The molecule has 1 saturated heterocycles. The van der Waals surface area contributed by atoms with E-state index in [1.54, 1.807) is 37.3 Å². The van der Waals surface area contributed by atoms with E-state index in [0.29, 0.717) is 40.2 Å². The van der Waals surface area contributed by atoms with E-state index in [4.69, 9.17) is 32.7 Å². The summed E-state index contributed by atoms with van der Waals surface area (Å²) in [5, 5.41) is 24.7. The van der Waals surface area contributed by atoms with Crippen LogP contribution in [0.15, 0.2) is 36.4 Å². The molecule has 1 heterocycles. The van der Waals surface area contributed by atoms with Crippen LogP contribution in [0, 0.1) is 12.7 Å². The van der Waals surface area contributed by atoms with E-state index in [1.807, 2.05) is 0 Å². The van der Waals surface area contributed by atoms with Gasteiger partial charge in [-0.2, -0.15) is 0 Å². The number of aliphatic hydroxyl groups is 2. The van der Waals surface area contributed by atoms with Crippen LogP contribution < -0.4 is 14.8 Å². The molecule has 3 N–H and O–H groups in total. The van der Waals surface area contributed by atoms with Crippen LogP contribution in [0.4, 0.5) is 4.39 Å². The molecule has 0 saturated carbocycles. The molecule has 1 fully saturated rings. The third-order valence-electron chi connectivity index (χ3n) is 5.62. The van der Waals surface area contributed by atoms with Crippen LogP contribution >= 0.6 is 23.2 Å². The molecule has 3 rings (SSSR count). The summed E-state index contributed by atoms with van der Waals surface area (Å²) in [4.78, 5) is 2.20. The monoisotopic (exact) mass is 500 g/mol. The highest BCUT2D eigenvalue weighted by atomic mass is 35.5. The lowest BCUT2D eigenvalue weighted by Crippen LogP contribution is -2.47. The first-order valence-electron chi connectivity index (χ1n) is 11.1. The number of benzene rings is 2. The molecule has 2 atom stereocenters. The topological polar surface area (TPSA) is 74.2 Å². The van der Waals surface area contributed by atoms with Gasteiger partial charge in [0.1, 0.15) is 42.7 Å². The molecule has 33 heavy (non-hydrogen) atoms. The fourth-order valence-electron chi connectivity index (χ4n) is 3.65. The Bertz CT molecular complexity index is 897. The summed E-state index contributed by atoms with van der Waals surface area (Å²) in [6.45, 7) is 4.58. The average Bonchev–Trinajstić information content (AvgIpc) is 2.80. The molecule has 1 aliphatic heterocycles. The molecule has 0 bridgehead atoms. The van der Waals surface area contributed by atoms with Crippen LogP contribution in [-0.2, 0) is 0 Å². The number of ether oxygens (including phenoxy) is 2. The van der Waals surface area contributed by atoms with Crippen LogP contribution in [-0.4, -0.2) is 72.8 Å². The second-order valence-electron chi connectivity index (χ2n) is 8.40. The Balaban J connectivity index is 1.29. The van der Waals surface area contributed by atoms with Gasteiger partial charge in [-0.25, -0.2) is 4.39 Å². The van der Waals surface area contributed by atoms with Gasteiger partial charge in [0.2, 0.25) is 0 Å². The number of nitrogens with zero attached hydrogens (tertiary/aromatic N) is 1. The van der Waals surface area contributed by atoms with Gasteiger partial charge in [-0.3, -0.25) is 0 Å². The van der Waals surface area contributed by atoms with Crippen molar-refractivity contribution in [1.82, 2.24) is 10.2 Å². The van der Waals surface area contributed by atoms with Crippen LogP contribution in [0.2, 0.25) is 10.0 Å². The number of piperidine rings is 1. The summed E-state index contributed by atoms with van der Waals surface area (Å²) in [6, 6.07) is 9.97. The highest BCUT2D eigenvalue weighted by molar-refractivity contribution is 6.42. The molecule has 6 nitrogen and oxygen atoms in total. The molecule has 0 radical (unpaired) electrons. The Morgan fingerprint density at radius 1 is 1.00 bits per heavy atom. The lowest BCUT2D eigenvalue weighted by Gasteiger charge is -2.33. The Hall–Kier alpha value is -1.61. The predicted octanol–water partition coefficient (Wildman–Crippen LogP) is 3.67. The van der Waals surface area contributed by atoms with Crippen LogP contribution in [0.1, 0.15) is 18.4 Å². The molecule has 0 amide bonds. The first-order valence-corrected chi connectivity index (χ1v) is 11.8. The number of nitrogens with one attached hydrogen (secondary N) is 1. The largest absolute Gasteiger partial charge is 0.491 e. The van der Waals surface area contributed by atoms with E-state index in [2.05, 4.69) is 10.2 Å². The first-order chi connectivity index (χ1) is 15.8. The Morgan fingerprint density at radius 2 is 1.64 bits per heavy atom. The number of aliphatic hydroxyl groups excluding tert-OH is 2. The van der Waals surface area contributed by atoms with Crippen molar-refractivity contribution in [3.05, 3.63) is 57.8 Å². The third-order valence-corrected chi connectivity index (χ3v) is 6.36. The zero-order chi connectivity index (χ0) is 23.8. The summed E-state index contributed by atoms with van der Waals surface area (Å²) < 4.78 is 24.6. The highest BCUT2D eigenvalue weighted by Crippen LogP contribution is 2.26. The van der Waals surface area contributed by atoms with E-state index in [9.17, 15) is 14.6 Å². The minimum atomic E-state index is -0.687. The maximum atomic E-state index is 13.6. The minimum absolute atomic E-state index is 0.0966. The van der Waals surface area contributed by atoms with Crippen molar-refractivity contribution < 1.29 is 24.1 Å². The third kappa shape index (κ3) is 8.59.